The largest absolute Gasteiger partial charge is 0.292 e. The Morgan fingerprint density at radius 3 is 3.00 bits per heavy atom. The van der Waals surface area contributed by atoms with E-state index in [1.54, 1.807) is 11.6 Å². The first-order valence-electron chi connectivity index (χ1n) is 4.93. The Morgan fingerprint density at radius 1 is 1.47 bits per heavy atom. The van der Waals surface area contributed by atoms with Gasteiger partial charge in [0, 0.05) is 5.38 Å². The summed E-state index contributed by atoms with van der Waals surface area (Å²) in [7, 11) is 0. The van der Waals surface area contributed by atoms with Crippen LogP contribution in [0.3, 0.4) is 0 Å². The van der Waals surface area contributed by atoms with Crippen molar-refractivity contribution in [2.24, 2.45) is 5.10 Å². The number of amides is 1. The first-order valence-corrected chi connectivity index (χ1v) is 5.77. The Balaban J connectivity index is 1.99. The minimum Gasteiger partial charge on any atom is -0.265 e. The lowest BCUT2D eigenvalue weighted by Gasteiger charge is -1.98. The third-order valence-electron chi connectivity index (χ3n) is 2.15. The van der Waals surface area contributed by atoms with Crippen molar-refractivity contribution in [2.45, 2.75) is 6.92 Å². The number of nitrogens with one attached hydrogen (secondary N) is 1. The van der Waals surface area contributed by atoms with Crippen LogP contribution in [-0.2, 0) is 0 Å². The zero-order valence-corrected chi connectivity index (χ0v) is 9.94. The van der Waals surface area contributed by atoms with Crippen LogP contribution < -0.4 is 5.43 Å². The van der Waals surface area contributed by atoms with Crippen molar-refractivity contribution in [3.63, 3.8) is 0 Å². The first-order chi connectivity index (χ1) is 8.27. The monoisotopic (exact) mass is 246 g/mol. The van der Waals surface area contributed by atoms with Crippen LogP contribution in [-0.4, -0.2) is 21.7 Å². The predicted octanol–water partition coefficient (Wildman–Crippen LogP) is 1.61. The molecule has 86 valence electrons. The molecule has 0 aliphatic heterocycles. The maximum atomic E-state index is 11.5. The number of hydrazone groups is 1. The van der Waals surface area contributed by atoms with Gasteiger partial charge in [0.25, 0.3) is 5.91 Å². The van der Waals surface area contributed by atoms with Crippen molar-refractivity contribution in [3.8, 4) is 0 Å². The zero-order chi connectivity index (χ0) is 12.1. The maximum Gasteiger partial charge on any atom is 0.292 e. The first kappa shape index (κ1) is 11.4. The van der Waals surface area contributed by atoms with E-state index >= 15 is 0 Å². The van der Waals surface area contributed by atoms with Crippen molar-refractivity contribution >= 4 is 23.7 Å². The van der Waals surface area contributed by atoms with Gasteiger partial charge in [-0.3, -0.25) is 4.79 Å². The third-order valence-corrected chi connectivity index (χ3v) is 2.66. The Hall–Kier alpha value is -2.08. The molecule has 2 aromatic rings. The molecule has 0 aliphatic rings. The second-order valence-electron chi connectivity index (χ2n) is 3.35. The minimum absolute atomic E-state index is 0.275. The van der Waals surface area contributed by atoms with Gasteiger partial charge in [-0.2, -0.15) is 5.10 Å². The predicted molar refractivity (Wildman–Crippen MR) is 66.1 cm³/mol. The van der Waals surface area contributed by atoms with Gasteiger partial charge >= 0.3 is 0 Å². The molecule has 1 amide bonds. The number of benzene rings is 1. The molecule has 1 aromatic carbocycles. The second kappa shape index (κ2) is 5.31. The third kappa shape index (κ3) is 2.94. The smallest absolute Gasteiger partial charge is 0.265 e. The molecule has 0 spiro atoms. The van der Waals surface area contributed by atoms with E-state index < -0.39 is 0 Å². The molecule has 0 bridgehead atoms. The molecular weight excluding hydrogens is 236 g/mol. The fourth-order valence-electron chi connectivity index (χ4n) is 1.21. The van der Waals surface area contributed by atoms with Crippen LogP contribution in [0.25, 0.3) is 0 Å². The van der Waals surface area contributed by atoms with E-state index in [0.717, 1.165) is 22.7 Å². The molecule has 6 heteroatoms. The zero-order valence-electron chi connectivity index (χ0n) is 9.12. The van der Waals surface area contributed by atoms with Crippen LogP contribution in [0.4, 0.5) is 0 Å². The fraction of sp³-hybridized carbons (Fsp3) is 0.0909. The number of carbonyl (C=O) groups is 1. The number of nitrogens with zero attached hydrogens (tertiary/aromatic N) is 3. The van der Waals surface area contributed by atoms with Gasteiger partial charge < -0.3 is 0 Å². The summed E-state index contributed by atoms with van der Waals surface area (Å²) in [4.78, 5) is 11.5. The number of aryl methyl sites for hydroxylation is 1. The van der Waals surface area contributed by atoms with Gasteiger partial charge in [-0.15, -0.1) is 5.10 Å². The average Bonchev–Trinajstić information content (AvgIpc) is 2.85. The Morgan fingerprint density at radius 2 is 2.29 bits per heavy atom. The van der Waals surface area contributed by atoms with Crippen LogP contribution in [0.2, 0.25) is 0 Å². The molecule has 2 rings (SSSR count). The summed E-state index contributed by atoms with van der Waals surface area (Å²) in [5.74, 6) is -0.358. The molecule has 0 unspecified atom stereocenters. The van der Waals surface area contributed by atoms with Crippen molar-refractivity contribution in [2.75, 3.05) is 0 Å². The van der Waals surface area contributed by atoms with Gasteiger partial charge in [0.05, 0.1) is 6.21 Å². The number of aromatic nitrogens is 2. The van der Waals surface area contributed by atoms with Crippen molar-refractivity contribution in [3.05, 3.63) is 46.5 Å². The number of rotatable bonds is 3. The quantitative estimate of drug-likeness (QED) is 0.661. The molecule has 0 radical (unpaired) electrons. The number of carbonyl (C=O) groups excluding carboxylic acids is 1. The van der Waals surface area contributed by atoms with E-state index in [1.807, 2.05) is 31.2 Å². The van der Waals surface area contributed by atoms with Gasteiger partial charge in [-0.05, 0) is 29.6 Å². The molecule has 0 fully saturated rings. The topological polar surface area (TPSA) is 67.2 Å². The van der Waals surface area contributed by atoms with E-state index in [1.165, 1.54) is 0 Å². The molecule has 5 nitrogen and oxygen atoms in total. The summed E-state index contributed by atoms with van der Waals surface area (Å²) in [6, 6.07) is 7.77. The van der Waals surface area contributed by atoms with Crippen molar-refractivity contribution in [1.29, 1.82) is 0 Å². The molecule has 1 N–H and O–H groups in total. The summed E-state index contributed by atoms with van der Waals surface area (Å²) in [6.45, 7) is 1.98. The van der Waals surface area contributed by atoms with Crippen LogP contribution in [0.15, 0.2) is 34.7 Å². The van der Waals surface area contributed by atoms with Gasteiger partial charge in [-0.25, -0.2) is 5.43 Å². The summed E-state index contributed by atoms with van der Waals surface area (Å²) in [5, 5.41) is 9.08. The highest BCUT2D eigenvalue weighted by Gasteiger charge is 2.06. The maximum absolute atomic E-state index is 11.5. The van der Waals surface area contributed by atoms with E-state index in [4.69, 9.17) is 0 Å². The highest BCUT2D eigenvalue weighted by Crippen LogP contribution is 2.03. The molecule has 0 saturated heterocycles. The Labute approximate surface area is 102 Å². The molecule has 1 aromatic heterocycles. The average molecular weight is 246 g/mol. The van der Waals surface area contributed by atoms with Crippen molar-refractivity contribution in [1.82, 2.24) is 15.0 Å². The highest BCUT2D eigenvalue weighted by molar-refractivity contribution is 7.03. The molecule has 0 atom stereocenters. The van der Waals surface area contributed by atoms with Crippen LogP contribution >= 0.6 is 11.5 Å². The summed E-state index contributed by atoms with van der Waals surface area (Å²) in [5.41, 5.74) is 4.73. The van der Waals surface area contributed by atoms with Gasteiger partial charge in [-0.1, -0.05) is 28.8 Å². The van der Waals surface area contributed by atoms with Crippen LogP contribution in [0, 0.1) is 6.92 Å². The molecule has 0 saturated carbocycles. The van der Waals surface area contributed by atoms with E-state index in [0.29, 0.717) is 0 Å². The normalized spacial score (nSPS) is 10.6. The molecule has 0 aliphatic carbocycles. The minimum atomic E-state index is -0.358. The standard InChI is InChI=1S/C11H10N4OS/c1-8-4-2-3-5-9(8)6-12-14-11(16)10-7-17-15-13-10/h2-7H,1H3,(H,14,16)/b12-6-. The van der Waals surface area contributed by atoms with Gasteiger partial charge in [0.2, 0.25) is 0 Å². The molecule has 17 heavy (non-hydrogen) atoms. The highest BCUT2D eigenvalue weighted by atomic mass is 32.1. The fourth-order valence-corrected chi connectivity index (χ4v) is 1.65. The molecular formula is C11H10N4OS. The lowest BCUT2D eigenvalue weighted by atomic mass is 10.1. The van der Waals surface area contributed by atoms with Crippen LogP contribution in [0.1, 0.15) is 21.6 Å². The number of hydrogen-bond donors (Lipinski definition) is 1. The van der Waals surface area contributed by atoms with Crippen molar-refractivity contribution < 1.29 is 4.79 Å². The van der Waals surface area contributed by atoms with E-state index in [9.17, 15) is 4.79 Å². The second-order valence-corrected chi connectivity index (χ2v) is 3.96. The van der Waals surface area contributed by atoms with E-state index in [-0.39, 0.29) is 11.6 Å². The summed E-state index contributed by atoms with van der Waals surface area (Å²) < 4.78 is 3.60. The lowest BCUT2D eigenvalue weighted by Crippen LogP contribution is -2.18. The summed E-state index contributed by atoms with van der Waals surface area (Å²) in [6.07, 6.45) is 1.60. The number of hydrogen-bond acceptors (Lipinski definition) is 5. The lowest BCUT2D eigenvalue weighted by molar-refractivity contribution is 0.0950. The summed E-state index contributed by atoms with van der Waals surface area (Å²) >= 11 is 1.13. The Bertz CT molecular complexity index is 536. The Kier molecular flexibility index (Phi) is 3.56. The van der Waals surface area contributed by atoms with Gasteiger partial charge in [0.15, 0.2) is 5.69 Å². The van der Waals surface area contributed by atoms with Gasteiger partial charge in [0.1, 0.15) is 0 Å². The van der Waals surface area contributed by atoms with Crippen LogP contribution in [0.5, 0.6) is 0 Å². The van der Waals surface area contributed by atoms with E-state index in [2.05, 4.69) is 20.1 Å². The molecule has 1 heterocycles. The SMILES string of the molecule is Cc1ccccc1/C=N\NC(=O)c1csnn1.